The van der Waals surface area contributed by atoms with Crippen molar-refractivity contribution in [3.8, 4) is 16.9 Å². The number of halogens is 2. The molecule has 228 valence electrons. The number of aliphatic hydroxyl groups excluding tert-OH is 1. The van der Waals surface area contributed by atoms with E-state index in [4.69, 9.17) is 14.5 Å². The molecule has 1 aliphatic heterocycles. The molecular formula is C34H33F2N3O5. The first-order valence-corrected chi connectivity index (χ1v) is 14.6. The van der Waals surface area contributed by atoms with Crippen molar-refractivity contribution < 1.29 is 33.3 Å². The minimum Gasteiger partial charge on any atom is -0.493 e. The minimum absolute atomic E-state index is 0.163. The highest BCUT2D eigenvalue weighted by Gasteiger charge is 2.29. The Labute approximate surface area is 252 Å². The molecule has 44 heavy (non-hydrogen) atoms. The van der Waals surface area contributed by atoms with Crippen molar-refractivity contribution >= 4 is 27.6 Å². The van der Waals surface area contributed by atoms with Crippen LogP contribution in [0.25, 0.3) is 32.8 Å². The molecule has 2 N–H and O–H groups in total. The van der Waals surface area contributed by atoms with Crippen LogP contribution >= 0.6 is 0 Å². The third-order valence-corrected chi connectivity index (χ3v) is 8.18. The van der Waals surface area contributed by atoms with Gasteiger partial charge in [-0.25, -0.2) is 18.3 Å². The van der Waals surface area contributed by atoms with Crippen LogP contribution in [0.4, 0.5) is 8.78 Å². The maximum Gasteiger partial charge on any atom is 0.335 e. The second-order valence-electron chi connectivity index (χ2n) is 11.7. The van der Waals surface area contributed by atoms with Gasteiger partial charge in [-0.05, 0) is 78.7 Å². The number of ether oxygens (including phenoxy) is 2. The quantitative estimate of drug-likeness (QED) is 0.191. The van der Waals surface area contributed by atoms with Gasteiger partial charge in [-0.3, -0.25) is 4.98 Å². The van der Waals surface area contributed by atoms with Gasteiger partial charge in [0.15, 0.2) is 17.9 Å². The van der Waals surface area contributed by atoms with Gasteiger partial charge in [0.2, 0.25) is 0 Å². The number of carbonyl (C=O) groups is 1. The Morgan fingerprint density at radius 2 is 1.86 bits per heavy atom. The lowest BCUT2D eigenvalue weighted by Gasteiger charge is -2.27. The first-order valence-electron chi connectivity index (χ1n) is 14.6. The lowest BCUT2D eigenvalue weighted by molar-refractivity contribution is -0.0366. The van der Waals surface area contributed by atoms with Crippen LogP contribution in [0.1, 0.15) is 61.1 Å². The summed E-state index contributed by atoms with van der Waals surface area (Å²) >= 11 is 0. The van der Waals surface area contributed by atoms with E-state index < -0.39 is 23.0 Å². The van der Waals surface area contributed by atoms with E-state index in [0.717, 1.165) is 53.1 Å². The fourth-order valence-electron chi connectivity index (χ4n) is 5.72. The summed E-state index contributed by atoms with van der Waals surface area (Å²) in [4.78, 5) is 16.3. The van der Waals surface area contributed by atoms with Crippen LogP contribution in [0, 0.1) is 11.6 Å². The number of pyridine rings is 1. The standard InChI is InChI=1S/C34H33F2N3O5/c1-34(2,19-40)32-31(21-8-11-26(35)27(36)16-21)25-15-22-18-37-39(30-5-3-4-13-44-30)29(22)17-24(25)28(38-32)12-14-43-23-9-6-20(7-10-23)33(41)42/h6-11,15-18,30,40H,3-5,12-14,19H2,1-2H3,(H,41,42). The molecule has 1 saturated heterocycles. The van der Waals surface area contributed by atoms with Crippen molar-refractivity contribution in [2.24, 2.45) is 0 Å². The molecular weight excluding hydrogens is 568 g/mol. The highest BCUT2D eigenvalue weighted by Crippen LogP contribution is 2.41. The van der Waals surface area contributed by atoms with Crippen molar-refractivity contribution in [1.29, 1.82) is 0 Å². The molecule has 3 heterocycles. The van der Waals surface area contributed by atoms with Gasteiger partial charge in [0.1, 0.15) is 5.75 Å². The van der Waals surface area contributed by atoms with E-state index >= 15 is 0 Å². The number of fused-ring (bicyclic) bond motifs is 2. The largest absolute Gasteiger partial charge is 0.493 e. The number of rotatable bonds is 9. The number of carboxylic acids is 1. The molecule has 10 heteroatoms. The van der Waals surface area contributed by atoms with E-state index in [2.05, 4.69) is 5.10 Å². The molecule has 0 saturated carbocycles. The first-order chi connectivity index (χ1) is 21.2. The van der Waals surface area contributed by atoms with Crippen LogP contribution < -0.4 is 4.74 Å². The molecule has 1 aliphatic rings. The number of aliphatic hydroxyl groups is 1. The number of benzene rings is 3. The van der Waals surface area contributed by atoms with Gasteiger partial charge in [0.25, 0.3) is 0 Å². The predicted octanol–water partition coefficient (Wildman–Crippen LogP) is 6.82. The zero-order chi connectivity index (χ0) is 31.0. The lowest BCUT2D eigenvalue weighted by Crippen LogP contribution is -2.26. The molecule has 1 atom stereocenters. The molecule has 0 aliphatic carbocycles. The number of nitrogens with zero attached hydrogens (tertiary/aromatic N) is 3. The fraction of sp³-hybridized carbons (Fsp3) is 0.324. The molecule has 1 unspecified atom stereocenters. The second-order valence-corrected chi connectivity index (χ2v) is 11.7. The third kappa shape index (κ3) is 5.62. The average Bonchev–Trinajstić information content (AvgIpc) is 3.45. The Balaban J connectivity index is 1.52. The van der Waals surface area contributed by atoms with Crippen LogP contribution in [0.15, 0.2) is 60.8 Å². The summed E-state index contributed by atoms with van der Waals surface area (Å²) in [6.45, 7) is 4.38. The monoisotopic (exact) mass is 601 g/mol. The summed E-state index contributed by atoms with van der Waals surface area (Å²) in [5, 5.41) is 26.7. The zero-order valence-electron chi connectivity index (χ0n) is 24.5. The number of aromatic carboxylic acids is 1. The number of hydrogen-bond acceptors (Lipinski definition) is 6. The van der Waals surface area contributed by atoms with E-state index in [1.54, 1.807) is 18.3 Å². The average molecular weight is 602 g/mol. The van der Waals surface area contributed by atoms with Gasteiger partial charge in [-0.2, -0.15) is 5.10 Å². The SMILES string of the molecule is CC(C)(CO)c1nc(CCOc2ccc(C(=O)O)cc2)c2cc3c(cnn3C3CCCCO3)cc2c1-c1ccc(F)c(F)c1. The summed E-state index contributed by atoms with van der Waals surface area (Å²) in [5.41, 5.74) is 2.49. The second kappa shape index (κ2) is 11.9. The van der Waals surface area contributed by atoms with Gasteiger partial charge >= 0.3 is 5.97 Å². The van der Waals surface area contributed by atoms with Crippen LogP contribution in [-0.4, -0.2) is 50.8 Å². The van der Waals surface area contributed by atoms with Gasteiger partial charge in [-0.15, -0.1) is 0 Å². The van der Waals surface area contributed by atoms with Crippen molar-refractivity contribution in [3.05, 3.63) is 89.4 Å². The zero-order valence-corrected chi connectivity index (χ0v) is 24.5. The molecule has 0 bridgehead atoms. The summed E-state index contributed by atoms with van der Waals surface area (Å²) in [5.74, 6) is -2.42. The van der Waals surface area contributed by atoms with Gasteiger partial charge < -0.3 is 19.7 Å². The summed E-state index contributed by atoms with van der Waals surface area (Å²) in [6.07, 6.45) is 4.86. The molecule has 3 aromatic carbocycles. The lowest BCUT2D eigenvalue weighted by atomic mass is 9.82. The van der Waals surface area contributed by atoms with Gasteiger partial charge in [0.05, 0.1) is 41.9 Å². The molecule has 2 aromatic heterocycles. The highest BCUT2D eigenvalue weighted by molar-refractivity contribution is 6.06. The minimum atomic E-state index is -1.02. The topological polar surface area (TPSA) is 107 Å². The van der Waals surface area contributed by atoms with Crippen molar-refractivity contribution in [1.82, 2.24) is 14.8 Å². The van der Waals surface area contributed by atoms with Crippen molar-refractivity contribution in [2.75, 3.05) is 19.8 Å². The number of carboxylic acid groups (broad SMARTS) is 1. The molecule has 0 spiro atoms. The molecule has 6 rings (SSSR count). The van der Waals surface area contributed by atoms with E-state index in [1.165, 1.54) is 18.2 Å². The van der Waals surface area contributed by atoms with Crippen LogP contribution in [0.2, 0.25) is 0 Å². The Hall–Kier alpha value is -4.41. The van der Waals surface area contributed by atoms with Gasteiger partial charge in [-0.1, -0.05) is 19.9 Å². The van der Waals surface area contributed by atoms with Crippen molar-refractivity contribution in [3.63, 3.8) is 0 Å². The maximum absolute atomic E-state index is 14.6. The molecule has 0 amide bonds. The number of hydrogen-bond donors (Lipinski definition) is 2. The highest BCUT2D eigenvalue weighted by atomic mass is 19.2. The molecule has 1 fully saturated rings. The third-order valence-electron chi connectivity index (χ3n) is 8.18. The van der Waals surface area contributed by atoms with E-state index in [1.807, 2.05) is 30.7 Å². The van der Waals surface area contributed by atoms with Gasteiger partial charge in [0, 0.05) is 34.8 Å². The van der Waals surface area contributed by atoms with Crippen molar-refractivity contribution in [2.45, 2.75) is 51.2 Å². The normalized spacial score (nSPS) is 15.6. The fourth-order valence-corrected chi connectivity index (χ4v) is 5.72. The number of aromatic nitrogens is 3. The first kappa shape index (κ1) is 29.7. The van der Waals surface area contributed by atoms with E-state index in [9.17, 15) is 23.8 Å². The summed E-state index contributed by atoms with van der Waals surface area (Å²) in [7, 11) is 0. The van der Waals surface area contributed by atoms with E-state index in [-0.39, 0.29) is 25.0 Å². The molecule has 8 nitrogen and oxygen atoms in total. The summed E-state index contributed by atoms with van der Waals surface area (Å²) in [6, 6.07) is 14.0. The Bertz CT molecular complexity index is 1850. The Morgan fingerprint density at radius 3 is 2.55 bits per heavy atom. The summed E-state index contributed by atoms with van der Waals surface area (Å²) < 4.78 is 42.5. The predicted molar refractivity (Wildman–Crippen MR) is 162 cm³/mol. The molecule has 0 radical (unpaired) electrons. The molecule has 5 aromatic rings. The smallest absolute Gasteiger partial charge is 0.335 e. The Kier molecular flexibility index (Phi) is 8.04. The van der Waals surface area contributed by atoms with Crippen LogP contribution in [-0.2, 0) is 16.6 Å². The van der Waals surface area contributed by atoms with E-state index in [0.29, 0.717) is 41.3 Å². The van der Waals surface area contributed by atoms with Crippen LogP contribution in [0.5, 0.6) is 5.75 Å². The Morgan fingerprint density at radius 1 is 1.07 bits per heavy atom. The van der Waals surface area contributed by atoms with Crippen LogP contribution in [0.3, 0.4) is 0 Å². The maximum atomic E-state index is 14.6.